The molecule has 0 fully saturated rings. The third kappa shape index (κ3) is 38.2. The van der Waals surface area contributed by atoms with E-state index in [2.05, 4.69) is 32.6 Å². The molecular formula is C49H97NO6. The molecule has 0 heterocycles. The van der Waals surface area contributed by atoms with Gasteiger partial charge < -0.3 is 24.2 Å². The standard InChI is InChI=1S/C49H97NO6/c1-5-9-13-17-19-26-36-46(35-25-15-11-7-3)45-56-49(53)55-44-34-24-22-30-40-50(41-31-32-42-51)39-29-21-23-33-43-54-48(52)47(37-27-16-12-8-4)38-28-20-18-14-10-6-2/h46-47,51H,5-45H2,1-4H3. The molecular weight excluding hydrogens is 699 g/mol. The summed E-state index contributed by atoms with van der Waals surface area (Å²) in [6, 6.07) is 0. The van der Waals surface area contributed by atoms with Crippen molar-refractivity contribution in [3.8, 4) is 0 Å². The highest BCUT2D eigenvalue weighted by atomic mass is 16.7. The van der Waals surface area contributed by atoms with E-state index in [1.165, 1.54) is 116 Å². The minimum absolute atomic E-state index is 0.0485. The van der Waals surface area contributed by atoms with Crippen molar-refractivity contribution in [3.63, 3.8) is 0 Å². The van der Waals surface area contributed by atoms with Crippen molar-refractivity contribution in [3.05, 3.63) is 0 Å². The number of nitrogens with zero attached hydrogens (tertiary/aromatic N) is 1. The number of ether oxygens (including phenoxy) is 3. The number of carbonyl (C=O) groups is 2. The van der Waals surface area contributed by atoms with Crippen LogP contribution in [0, 0.1) is 11.8 Å². The van der Waals surface area contributed by atoms with Crippen LogP contribution in [0.1, 0.15) is 246 Å². The number of carbonyl (C=O) groups excluding carboxylic acids is 2. The second kappa shape index (κ2) is 44.8. The van der Waals surface area contributed by atoms with Crippen LogP contribution in [0.3, 0.4) is 0 Å². The molecule has 0 aliphatic rings. The first-order valence-corrected chi connectivity index (χ1v) is 24.8. The van der Waals surface area contributed by atoms with Crippen molar-refractivity contribution in [2.24, 2.45) is 11.8 Å². The van der Waals surface area contributed by atoms with Crippen molar-refractivity contribution in [2.75, 3.05) is 46.1 Å². The first kappa shape index (κ1) is 54.7. The molecule has 334 valence electrons. The van der Waals surface area contributed by atoms with Gasteiger partial charge in [-0.2, -0.15) is 0 Å². The summed E-state index contributed by atoms with van der Waals surface area (Å²) in [7, 11) is 0. The average Bonchev–Trinajstić information content (AvgIpc) is 3.20. The molecule has 56 heavy (non-hydrogen) atoms. The van der Waals surface area contributed by atoms with Gasteiger partial charge in [0.05, 0.1) is 25.7 Å². The zero-order chi connectivity index (χ0) is 41.0. The molecule has 0 aliphatic heterocycles. The lowest BCUT2D eigenvalue weighted by molar-refractivity contribution is -0.149. The van der Waals surface area contributed by atoms with Gasteiger partial charge in [0.25, 0.3) is 0 Å². The summed E-state index contributed by atoms with van der Waals surface area (Å²) >= 11 is 0. The van der Waals surface area contributed by atoms with Gasteiger partial charge in [-0.25, -0.2) is 4.79 Å². The number of aliphatic hydroxyl groups is 1. The van der Waals surface area contributed by atoms with Crippen molar-refractivity contribution < 1.29 is 28.9 Å². The molecule has 7 heteroatoms. The highest BCUT2D eigenvalue weighted by molar-refractivity contribution is 5.72. The zero-order valence-electron chi connectivity index (χ0n) is 38.1. The second-order valence-corrected chi connectivity index (χ2v) is 17.1. The van der Waals surface area contributed by atoms with Crippen molar-refractivity contribution in [2.45, 2.75) is 246 Å². The lowest BCUT2D eigenvalue weighted by Gasteiger charge is -2.22. The van der Waals surface area contributed by atoms with Crippen molar-refractivity contribution >= 4 is 12.1 Å². The molecule has 0 spiro atoms. The predicted octanol–water partition coefficient (Wildman–Crippen LogP) is 14.6. The summed E-state index contributed by atoms with van der Waals surface area (Å²) in [5.74, 6) is 0.590. The highest BCUT2D eigenvalue weighted by Crippen LogP contribution is 2.22. The van der Waals surface area contributed by atoms with Crippen LogP contribution >= 0.6 is 0 Å². The Hall–Kier alpha value is -1.34. The minimum Gasteiger partial charge on any atom is -0.465 e. The normalized spacial score (nSPS) is 12.6. The van der Waals surface area contributed by atoms with Crippen LogP contribution in [0.15, 0.2) is 0 Å². The van der Waals surface area contributed by atoms with Crippen molar-refractivity contribution in [1.29, 1.82) is 0 Å². The summed E-state index contributed by atoms with van der Waals surface area (Å²) in [4.78, 5) is 27.9. The fraction of sp³-hybridized carbons (Fsp3) is 0.959. The van der Waals surface area contributed by atoms with E-state index in [1.54, 1.807) is 0 Å². The largest absolute Gasteiger partial charge is 0.508 e. The van der Waals surface area contributed by atoms with Crippen LogP contribution in [-0.2, 0) is 19.0 Å². The first-order chi connectivity index (χ1) is 27.5. The topological polar surface area (TPSA) is 85.3 Å². The van der Waals surface area contributed by atoms with Crippen LogP contribution in [0.4, 0.5) is 4.79 Å². The second-order valence-electron chi connectivity index (χ2n) is 17.1. The monoisotopic (exact) mass is 796 g/mol. The minimum atomic E-state index is -0.495. The third-order valence-corrected chi connectivity index (χ3v) is 11.6. The number of hydrogen-bond donors (Lipinski definition) is 1. The number of unbranched alkanes of at least 4 members (excludes halogenated alkanes) is 23. The molecule has 2 unspecified atom stereocenters. The maximum Gasteiger partial charge on any atom is 0.508 e. The summed E-state index contributed by atoms with van der Waals surface area (Å²) in [5, 5.41) is 9.31. The zero-order valence-corrected chi connectivity index (χ0v) is 38.1. The van der Waals surface area contributed by atoms with Gasteiger partial charge in [-0.05, 0) is 89.8 Å². The van der Waals surface area contributed by atoms with Gasteiger partial charge in [0, 0.05) is 6.61 Å². The fourth-order valence-electron chi connectivity index (χ4n) is 7.79. The Morgan fingerprint density at radius 1 is 0.429 bits per heavy atom. The Balaban J connectivity index is 4.28. The van der Waals surface area contributed by atoms with Gasteiger partial charge in [0.1, 0.15) is 0 Å². The first-order valence-electron chi connectivity index (χ1n) is 24.8. The van der Waals surface area contributed by atoms with E-state index in [9.17, 15) is 14.7 Å². The van der Waals surface area contributed by atoms with Crippen LogP contribution in [0.5, 0.6) is 0 Å². The van der Waals surface area contributed by atoms with E-state index in [1.807, 2.05) is 0 Å². The molecule has 7 nitrogen and oxygen atoms in total. The van der Waals surface area contributed by atoms with Crippen LogP contribution in [0.25, 0.3) is 0 Å². The van der Waals surface area contributed by atoms with Gasteiger partial charge in [-0.3, -0.25) is 4.79 Å². The Morgan fingerprint density at radius 3 is 1.29 bits per heavy atom. The molecule has 1 N–H and O–H groups in total. The maximum atomic E-state index is 13.0. The molecule has 0 aromatic rings. The molecule has 0 radical (unpaired) electrons. The smallest absolute Gasteiger partial charge is 0.465 e. The molecule has 0 aromatic carbocycles. The van der Waals surface area contributed by atoms with E-state index < -0.39 is 6.16 Å². The Kier molecular flexibility index (Phi) is 43.7. The number of esters is 1. The Bertz CT molecular complexity index is 809. The maximum absolute atomic E-state index is 13.0. The summed E-state index contributed by atoms with van der Waals surface area (Å²) in [6.45, 7) is 13.9. The summed E-state index contributed by atoms with van der Waals surface area (Å²) < 4.78 is 16.9. The summed E-state index contributed by atoms with van der Waals surface area (Å²) in [5.41, 5.74) is 0. The molecule has 2 atom stereocenters. The molecule has 0 aromatic heterocycles. The molecule has 0 rings (SSSR count). The number of rotatable bonds is 45. The Morgan fingerprint density at radius 2 is 0.804 bits per heavy atom. The van der Waals surface area contributed by atoms with Gasteiger partial charge >= 0.3 is 12.1 Å². The molecule has 0 amide bonds. The summed E-state index contributed by atoms with van der Waals surface area (Å²) in [6.07, 6.45) is 39.4. The van der Waals surface area contributed by atoms with Gasteiger partial charge in [0.2, 0.25) is 0 Å². The van der Waals surface area contributed by atoms with Gasteiger partial charge in [-0.15, -0.1) is 0 Å². The van der Waals surface area contributed by atoms with E-state index >= 15 is 0 Å². The quantitative estimate of drug-likeness (QED) is 0.0485. The fourth-order valence-corrected chi connectivity index (χ4v) is 7.79. The van der Waals surface area contributed by atoms with E-state index in [0.717, 1.165) is 122 Å². The molecule has 0 aliphatic carbocycles. The number of hydrogen-bond acceptors (Lipinski definition) is 7. The average molecular weight is 796 g/mol. The highest BCUT2D eigenvalue weighted by Gasteiger charge is 2.19. The Labute approximate surface area is 348 Å². The van der Waals surface area contributed by atoms with Gasteiger partial charge in [0.15, 0.2) is 0 Å². The van der Waals surface area contributed by atoms with E-state index in [4.69, 9.17) is 14.2 Å². The lowest BCUT2D eigenvalue weighted by Crippen LogP contribution is -2.27. The van der Waals surface area contributed by atoms with Gasteiger partial charge in [-0.1, -0.05) is 182 Å². The SMILES string of the molecule is CCCCCCCCC(CCCCCC)COC(=O)OCCCCCCN(CCCCO)CCCCCCOC(=O)C(CCCCCC)CCCCCCCC. The number of aliphatic hydroxyl groups excluding tert-OH is 1. The van der Waals surface area contributed by atoms with Crippen LogP contribution < -0.4 is 0 Å². The molecule has 0 bridgehead atoms. The van der Waals surface area contributed by atoms with Crippen LogP contribution in [0.2, 0.25) is 0 Å². The van der Waals surface area contributed by atoms with E-state index in [0.29, 0.717) is 25.7 Å². The van der Waals surface area contributed by atoms with Crippen molar-refractivity contribution in [1.82, 2.24) is 4.90 Å². The molecule has 0 saturated heterocycles. The van der Waals surface area contributed by atoms with E-state index in [-0.39, 0.29) is 18.5 Å². The van der Waals surface area contributed by atoms with Crippen LogP contribution in [-0.4, -0.2) is 68.2 Å². The lowest BCUT2D eigenvalue weighted by atomic mass is 9.94. The molecule has 0 saturated carbocycles. The third-order valence-electron chi connectivity index (χ3n) is 11.6. The predicted molar refractivity (Wildman–Crippen MR) is 238 cm³/mol.